The standard InChI is InChI=1S/C19H22ClN3O3S/c1-3-12-23-16-7-5-4-6-15(16)22-19(23)10-11-21-27(24,25)18-13-14(20)8-9-17(18)26-2/h4-9,13,21H,3,10-12H2,1-2H3. The van der Waals surface area contributed by atoms with Crippen molar-refractivity contribution in [1.82, 2.24) is 14.3 Å². The Morgan fingerprint density at radius 3 is 2.74 bits per heavy atom. The van der Waals surface area contributed by atoms with Crippen LogP contribution < -0.4 is 9.46 Å². The van der Waals surface area contributed by atoms with E-state index in [2.05, 4.69) is 21.2 Å². The van der Waals surface area contributed by atoms with Gasteiger partial charge in [-0.25, -0.2) is 18.1 Å². The number of hydrogen-bond donors (Lipinski definition) is 1. The zero-order valence-electron chi connectivity index (χ0n) is 15.3. The van der Waals surface area contributed by atoms with Gasteiger partial charge in [0.05, 0.1) is 18.1 Å². The number of aryl methyl sites for hydroxylation is 1. The number of methoxy groups -OCH3 is 1. The fourth-order valence-corrected chi connectivity index (χ4v) is 4.49. The fraction of sp³-hybridized carbons (Fsp3) is 0.316. The van der Waals surface area contributed by atoms with E-state index in [-0.39, 0.29) is 17.2 Å². The molecule has 27 heavy (non-hydrogen) atoms. The predicted octanol–water partition coefficient (Wildman–Crippen LogP) is 3.63. The summed E-state index contributed by atoms with van der Waals surface area (Å²) >= 11 is 5.95. The first-order chi connectivity index (χ1) is 13.0. The first kappa shape index (κ1) is 19.7. The highest BCUT2D eigenvalue weighted by atomic mass is 35.5. The molecule has 0 bridgehead atoms. The number of benzene rings is 2. The van der Waals surface area contributed by atoms with Gasteiger partial charge in [0.1, 0.15) is 16.5 Å². The Balaban J connectivity index is 1.79. The Morgan fingerprint density at radius 2 is 2.00 bits per heavy atom. The number of para-hydroxylation sites is 2. The van der Waals surface area contributed by atoms with E-state index in [1.54, 1.807) is 6.07 Å². The lowest BCUT2D eigenvalue weighted by Crippen LogP contribution is -2.27. The average Bonchev–Trinajstić information content (AvgIpc) is 2.99. The van der Waals surface area contributed by atoms with E-state index < -0.39 is 10.0 Å². The summed E-state index contributed by atoms with van der Waals surface area (Å²) in [5, 5.41) is 0.334. The minimum absolute atomic E-state index is 0.0274. The van der Waals surface area contributed by atoms with E-state index in [0.717, 1.165) is 29.8 Å². The van der Waals surface area contributed by atoms with Gasteiger partial charge >= 0.3 is 0 Å². The van der Waals surface area contributed by atoms with Gasteiger partial charge in [-0.1, -0.05) is 30.7 Å². The summed E-state index contributed by atoms with van der Waals surface area (Å²) in [4.78, 5) is 4.68. The maximum atomic E-state index is 12.7. The molecule has 1 N–H and O–H groups in total. The average molecular weight is 408 g/mol. The van der Waals surface area contributed by atoms with E-state index >= 15 is 0 Å². The molecule has 0 aliphatic heterocycles. The van der Waals surface area contributed by atoms with Crippen LogP contribution in [0.25, 0.3) is 11.0 Å². The number of fused-ring (bicyclic) bond motifs is 1. The van der Waals surface area contributed by atoms with Crippen LogP contribution in [-0.2, 0) is 23.0 Å². The second-order valence-corrected chi connectivity index (χ2v) is 8.28. The summed E-state index contributed by atoms with van der Waals surface area (Å²) in [6.07, 6.45) is 1.45. The van der Waals surface area contributed by atoms with Crippen LogP contribution in [-0.4, -0.2) is 31.6 Å². The monoisotopic (exact) mass is 407 g/mol. The molecular weight excluding hydrogens is 386 g/mol. The van der Waals surface area contributed by atoms with Crippen LogP contribution in [0.3, 0.4) is 0 Å². The highest BCUT2D eigenvalue weighted by molar-refractivity contribution is 7.89. The molecule has 1 aromatic heterocycles. The number of sulfonamides is 1. The first-order valence-electron chi connectivity index (χ1n) is 8.73. The number of rotatable bonds is 8. The highest BCUT2D eigenvalue weighted by Gasteiger charge is 2.20. The summed E-state index contributed by atoms with van der Waals surface area (Å²) in [5.41, 5.74) is 1.98. The lowest BCUT2D eigenvalue weighted by Gasteiger charge is -2.12. The second-order valence-electron chi connectivity index (χ2n) is 6.11. The van der Waals surface area contributed by atoms with Crippen molar-refractivity contribution in [3.8, 4) is 5.75 Å². The topological polar surface area (TPSA) is 73.2 Å². The molecule has 0 aliphatic carbocycles. The molecule has 8 heteroatoms. The number of nitrogens with zero attached hydrogens (tertiary/aromatic N) is 2. The Morgan fingerprint density at radius 1 is 1.22 bits per heavy atom. The normalized spacial score (nSPS) is 11.8. The van der Waals surface area contributed by atoms with Crippen molar-refractivity contribution >= 4 is 32.7 Å². The largest absolute Gasteiger partial charge is 0.495 e. The van der Waals surface area contributed by atoms with Gasteiger partial charge < -0.3 is 9.30 Å². The Bertz CT molecular complexity index is 1050. The number of imidazole rings is 1. The Hall–Kier alpha value is -2.09. The van der Waals surface area contributed by atoms with Gasteiger partial charge in [0.25, 0.3) is 0 Å². The van der Waals surface area contributed by atoms with Gasteiger partial charge in [0, 0.05) is 24.5 Å². The lowest BCUT2D eigenvalue weighted by molar-refractivity contribution is 0.402. The zero-order chi connectivity index (χ0) is 19.4. The molecule has 0 radical (unpaired) electrons. The van der Waals surface area contributed by atoms with E-state index in [4.69, 9.17) is 16.3 Å². The number of hydrogen-bond acceptors (Lipinski definition) is 4. The molecule has 1 heterocycles. The number of halogens is 1. The molecule has 0 fully saturated rings. The molecule has 3 aromatic rings. The van der Waals surface area contributed by atoms with Gasteiger partial charge in [-0.2, -0.15) is 0 Å². The molecular formula is C19H22ClN3O3S. The lowest BCUT2D eigenvalue weighted by atomic mass is 10.3. The highest BCUT2D eigenvalue weighted by Crippen LogP contribution is 2.26. The Kier molecular flexibility index (Phi) is 6.04. The molecule has 0 aliphatic rings. The number of nitrogens with one attached hydrogen (secondary N) is 1. The van der Waals surface area contributed by atoms with Gasteiger partial charge in [0.15, 0.2) is 0 Å². The maximum Gasteiger partial charge on any atom is 0.244 e. The van der Waals surface area contributed by atoms with Crippen molar-refractivity contribution in [3.05, 3.63) is 53.3 Å². The van der Waals surface area contributed by atoms with Gasteiger partial charge in [0.2, 0.25) is 10.0 Å². The molecule has 0 amide bonds. The molecule has 6 nitrogen and oxygen atoms in total. The van der Waals surface area contributed by atoms with Crippen LogP contribution >= 0.6 is 11.6 Å². The van der Waals surface area contributed by atoms with Crippen molar-refractivity contribution in [3.63, 3.8) is 0 Å². The van der Waals surface area contributed by atoms with Crippen molar-refractivity contribution in [1.29, 1.82) is 0 Å². The molecule has 0 atom stereocenters. The van der Waals surface area contributed by atoms with Crippen molar-refractivity contribution in [2.24, 2.45) is 0 Å². The molecule has 0 spiro atoms. The summed E-state index contributed by atoms with van der Waals surface area (Å²) in [6.45, 7) is 3.17. The van der Waals surface area contributed by atoms with Crippen molar-refractivity contribution in [2.75, 3.05) is 13.7 Å². The first-order valence-corrected chi connectivity index (χ1v) is 10.6. The number of ether oxygens (including phenoxy) is 1. The summed E-state index contributed by atoms with van der Waals surface area (Å²) in [5.74, 6) is 1.11. The second kappa shape index (κ2) is 8.29. The summed E-state index contributed by atoms with van der Waals surface area (Å²) < 4.78 is 35.2. The minimum atomic E-state index is -3.75. The van der Waals surface area contributed by atoms with Crippen LogP contribution in [0.4, 0.5) is 0 Å². The van der Waals surface area contributed by atoms with E-state index in [1.165, 1.54) is 19.2 Å². The fourth-order valence-electron chi connectivity index (χ4n) is 3.02. The molecule has 0 saturated heterocycles. The third-order valence-corrected chi connectivity index (χ3v) is 5.95. The maximum absolute atomic E-state index is 12.7. The molecule has 0 unspecified atom stereocenters. The van der Waals surface area contributed by atoms with Crippen LogP contribution in [0.2, 0.25) is 5.02 Å². The molecule has 144 valence electrons. The SMILES string of the molecule is CCCn1c(CCNS(=O)(=O)c2cc(Cl)ccc2OC)nc2ccccc21. The quantitative estimate of drug-likeness (QED) is 0.618. The van der Waals surface area contributed by atoms with E-state index in [0.29, 0.717) is 11.4 Å². The van der Waals surface area contributed by atoms with Crippen LogP contribution in [0.15, 0.2) is 47.4 Å². The van der Waals surface area contributed by atoms with Crippen LogP contribution in [0, 0.1) is 0 Å². The molecule has 3 rings (SSSR count). The zero-order valence-corrected chi connectivity index (χ0v) is 16.8. The van der Waals surface area contributed by atoms with Gasteiger partial charge in [-0.3, -0.25) is 0 Å². The Labute approximate surface area is 164 Å². The van der Waals surface area contributed by atoms with Crippen LogP contribution in [0.1, 0.15) is 19.2 Å². The summed E-state index contributed by atoms with van der Waals surface area (Å²) in [6, 6.07) is 12.4. The van der Waals surface area contributed by atoms with Gasteiger partial charge in [-0.05, 0) is 36.8 Å². The third kappa shape index (κ3) is 4.26. The summed E-state index contributed by atoms with van der Waals surface area (Å²) in [7, 11) is -2.32. The van der Waals surface area contributed by atoms with E-state index in [1.807, 2.05) is 24.3 Å². The van der Waals surface area contributed by atoms with Crippen molar-refractivity contribution in [2.45, 2.75) is 31.2 Å². The smallest absolute Gasteiger partial charge is 0.244 e. The molecule has 0 saturated carbocycles. The number of aromatic nitrogens is 2. The van der Waals surface area contributed by atoms with Crippen molar-refractivity contribution < 1.29 is 13.2 Å². The predicted molar refractivity (Wildman–Crippen MR) is 107 cm³/mol. The minimum Gasteiger partial charge on any atom is -0.495 e. The third-order valence-electron chi connectivity index (χ3n) is 4.24. The van der Waals surface area contributed by atoms with Crippen LogP contribution in [0.5, 0.6) is 5.75 Å². The van der Waals surface area contributed by atoms with Gasteiger partial charge in [-0.15, -0.1) is 0 Å². The molecule has 2 aromatic carbocycles. The van der Waals surface area contributed by atoms with E-state index in [9.17, 15) is 8.42 Å².